The van der Waals surface area contributed by atoms with Crippen molar-refractivity contribution in [1.29, 1.82) is 5.26 Å². The molecule has 0 heterocycles. The van der Waals surface area contributed by atoms with Crippen LogP contribution in [0.5, 0.6) is 0 Å². The van der Waals surface area contributed by atoms with Gasteiger partial charge in [0.15, 0.2) is 0 Å². The number of hydrogen-bond donors (Lipinski definition) is 1. The molecule has 0 bridgehead atoms. The van der Waals surface area contributed by atoms with E-state index in [9.17, 15) is 0 Å². The van der Waals surface area contributed by atoms with Gasteiger partial charge in [0.2, 0.25) is 0 Å². The van der Waals surface area contributed by atoms with E-state index in [-0.39, 0.29) is 0 Å². The third-order valence-corrected chi connectivity index (χ3v) is 2.96. The van der Waals surface area contributed by atoms with Gasteiger partial charge in [0.1, 0.15) is 0 Å². The fourth-order valence-electron chi connectivity index (χ4n) is 1.78. The van der Waals surface area contributed by atoms with Gasteiger partial charge in [-0.1, -0.05) is 12.1 Å². The zero-order chi connectivity index (χ0) is 13.7. The van der Waals surface area contributed by atoms with Crippen molar-refractivity contribution >= 4 is 11.4 Å². The molecule has 0 spiro atoms. The predicted molar refractivity (Wildman–Crippen MR) is 79.3 cm³/mol. The maximum Gasteiger partial charge on any atom is 0.0991 e. The topological polar surface area (TPSA) is 39.1 Å². The van der Waals surface area contributed by atoms with Gasteiger partial charge >= 0.3 is 0 Å². The highest BCUT2D eigenvalue weighted by Gasteiger charge is 1.97. The minimum Gasteiger partial charge on any atom is -0.381 e. The minimum absolute atomic E-state index is 0.681. The molecule has 0 saturated heterocycles. The van der Waals surface area contributed by atoms with Gasteiger partial charge in [-0.15, -0.1) is 0 Å². The van der Waals surface area contributed by atoms with Gasteiger partial charge in [-0.05, 0) is 42.0 Å². The number of anilines is 2. The van der Waals surface area contributed by atoms with Crippen LogP contribution in [-0.4, -0.2) is 14.1 Å². The third-order valence-electron chi connectivity index (χ3n) is 2.96. The van der Waals surface area contributed by atoms with Crippen LogP contribution < -0.4 is 10.2 Å². The Labute approximate surface area is 114 Å². The average Bonchev–Trinajstić information content (AvgIpc) is 2.46. The smallest absolute Gasteiger partial charge is 0.0991 e. The zero-order valence-electron chi connectivity index (χ0n) is 11.2. The molecular weight excluding hydrogens is 234 g/mol. The summed E-state index contributed by atoms with van der Waals surface area (Å²) in [6.45, 7) is 0.777. The lowest BCUT2D eigenvalue weighted by Gasteiger charge is -2.13. The first-order valence-corrected chi connectivity index (χ1v) is 6.19. The van der Waals surface area contributed by atoms with E-state index in [4.69, 9.17) is 5.26 Å². The number of benzene rings is 2. The molecule has 0 aliphatic rings. The molecule has 0 amide bonds. The van der Waals surface area contributed by atoms with E-state index in [0.717, 1.165) is 12.2 Å². The van der Waals surface area contributed by atoms with Crippen LogP contribution in [0.15, 0.2) is 48.5 Å². The Bertz CT molecular complexity index is 562. The molecule has 0 fully saturated rings. The molecule has 2 rings (SSSR count). The van der Waals surface area contributed by atoms with Crippen LogP contribution in [0.2, 0.25) is 0 Å². The van der Waals surface area contributed by atoms with Crippen molar-refractivity contribution < 1.29 is 0 Å². The van der Waals surface area contributed by atoms with Crippen molar-refractivity contribution in [2.75, 3.05) is 24.3 Å². The summed E-state index contributed by atoms with van der Waals surface area (Å²) in [6, 6.07) is 18.0. The highest BCUT2D eigenvalue weighted by atomic mass is 15.1. The Morgan fingerprint density at radius 3 is 2.16 bits per heavy atom. The van der Waals surface area contributed by atoms with E-state index >= 15 is 0 Å². The number of rotatable bonds is 4. The summed E-state index contributed by atoms with van der Waals surface area (Å²) in [5.74, 6) is 0. The summed E-state index contributed by atoms with van der Waals surface area (Å²) >= 11 is 0. The van der Waals surface area contributed by atoms with E-state index in [2.05, 4.69) is 40.6 Å². The normalized spacial score (nSPS) is 9.74. The first-order chi connectivity index (χ1) is 9.19. The van der Waals surface area contributed by atoms with Crippen molar-refractivity contribution in [2.45, 2.75) is 6.54 Å². The third kappa shape index (κ3) is 3.49. The average molecular weight is 251 g/mol. The highest BCUT2D eigenvalue weighted by Crippen LogP contribution is 2.14. The van der Waals surface area contributed by atoms with Gasteiger partial charge in [0.25, 0.3) is 0 Å². The minimum atomic E-state index is 0.681. The fourth-order valence-corrected chi connectivity index (χ4v) is 1.78. The Balaban J connectivity index is 1.96. The molecule has 0 aliphatic heterocycles. The molecule has 0 aliphatic carbocycles. The van der Waals surface area contributed by atoms with Gasteiger partial charge in [-0.2, -0.15) is 5.26 Å². The second kappa shape index (κ2) is 5.92. The van der Waals surface area contributed by atoms with Crippen LogP contribution in [0.25, 0.3) is 0 Å². The standard InChI is InChI=1S/C16H17N3/c1-19(2)16-9-5-14(6-10-16)12-18-15-7-3-13(11-17)4-8-15/h3-10,18H,12H2,1-2H3. The van der Waals surface area contributed by atoms with E-state index in [0.29, 0.717) is 5.56 Å². The number of nitrogens with one attached hydrogen (secondary N) is 1. The maximum absolute atomic E-state index is 8.73. The summed E-state index contributed by atoms with van der Waals surface area (Å²) in [7, 11) is 4.06. The van der Waals surface area contributed by atoms with Crippen LogP contribution in [-0.2, 0) is 6.54 Å². The molecule has 3 heteroatoms. The fraction of sp³-hybridized carbons (Fsp3) is 0.188. The molecule has 19 heavy (non-hydrogen) atoms. The van der Waals surface area contributed by atoms with E-state index in [1.165, 1.54) is 11.3 Å². The number of nitrogens with zero attached hydrogens (tertiary/aromatic N) is 2. The zero-order valence-corrected chi connectivity index (χ0v) is 11.2. The van der Waals surface area contributed by atoms with Crippen molar-refractivity contribution in [3.05, 3.63) is 59.7 Å². The lowest BCUT2D eigenvalue weighted by molar-refractivity contribution is 1.11. The Hall–Kier alpha value is -2.47. The number of hydrogen-bond acceptors (Lipinski definition) is 3. The largest absolute Gasteiger partial charge is 0.381 e. The van der Waals surface area contributed by atoms with Gasteiger partial charge in [0, 0.05) is 32.0 Å². The molecule has 0 unspecified atom stereocenters. The first kappa shape index (κ1) is 13.0. The summed E-state index contributed by atoms with van der Waals surface area (Å²) in [4.78, 5) is 2.08. The van der Waals surface area contributed by atoms with Crippen LogP contribution in [0.3, 0.4) is 0 Å². The quantitative estimate of drug-likeness (QED) is 0.906. The van der Waals surface area contributed by atoms with Gasteiger partial charge < -0.3 is 10.2 Å². The lowest BCUT2D eigenvalue weighted by Crippen LogP contribution is -2.08. The van der Waals surface area contributed by atoms with Gasteiger partial charge in [-0.3, -0.25) is 0 Å². The Morgan fingerprint density at radius 1 is 1.00 bits per heavy atom. The molecule has 0 radical (unpaired) electrons. The van der Waals surface area contributed by atoms with E-state index in [1.807, 2.05) is 38.4 Å². The molecule has 2 aromatic rings. The van der Waals surface area contributed by atoms with Gasteiger partial charge in [0.05, 0.1) is 11.6 Å². The van der Waals surface area contributed by atoms with Crippen LogP contribution >= 0.6 is 0 Å². The second-order valence-electron chi connectivity index (χ2n) is 4.60. The molecular formula is C16H17N3. The van der Waals surface area contributed by atoms with Crippen molar-refractivity contribution in [3.8, 4) is 6.07 Å². The molecule has 3 nitrogen and oxygen atoms in total. The molecule has 96 valence electrons. The monoisotopic (exact) mass is 251 g/mol. The predicted octanol–water partition coefficient (Wildman–Crippen LogP) is 3.24. The Kier molecular flexibility index (Phi) is 4.04. The van der Waals surface area contributed by atoms with E-state index < -0.39 is 0 Å². The number of nitriles is 1. The Morgan fingerprint density at radius 2 is 1.63 bits per heavy atom. The van der Waals surface area contributed by atoms with E-state index in [1.54, 1.807) is 0 Å². The van der Waals surface area contributed by atoms with Gasteiger partial charge in [-0.25, -0.2) is 0 Å². The maximum atomic E-state index is 8.73. The summed E-state index contributed by atoms with van der Waals surface area (Å²) in [5.41, 5.74) is 4.13. The molecule has 0 aromatic heterocycles. The van der Waals surface area contributed by atoms with Crippen LogP contribution in [0.1, 0.15) is 11.1 Å². The summed E-state index contributed by atoms with van der Waals surface area (Å²) in [6.07, 6.45) is 0. The highest BCUT2D eigenvalue weighted by molar-refractivity contribution is 5.49. The van der Waals surface area contributed by atoms with Crippen LogP contribution in [0.4, 0.5) is 11.4 Å². The lowest BCUT2D eigenvalue weighted by atomic mass is 10.2. The van der Waals surface area contributed by atoms with Crippen LogP contribution in [0, 0.1) is 11.3 Å². The molecule has 2 aromatic carbocycles. The van der Waals surface area contributed by atoms with Crippen molar-refractivity contribution in [2.24, 2.45) is 0 Å². The second-order valence-corrected chi connectivity index (χ2v) is 4.60. The van der Waals surface area contributed by atoms with Crippen molar-refractivity contribution in [3.63, 3.8) is 0 Å². The first-order valence-electron chi connectivity index (χ1n) is 6.19. The summed E-state index contributed by atoms with van der Waals surface area (Å²) < 4.78 is 0. The van der Waals surface area contributed by atoms with Crippen molar-refractivity contribution in [1.82, 2.24) is 0 Å². The SMILES string of the molecule is CN(C)c1ccc(CNc2ccc(C#N)cc2)cc1. The molecule has 0 saturated carbocycles. The molecule has 0 atom stereocenters. The molecule has 1 N–H and O–H groups in total. The summed E-state index contributed by atoms with van der Waals surface area (Å²) in [5, 5.41) is 12.1.